The molecule has 0 bridgehead atoms. The Bertz CT molecular complexity index is 1030. The fraction of sp³-hybridized carbons (Fsp3) is 0.190. The van der Waals surface area contributed by atoms with Gasteiger partial charge in [-0.25, -0.2) is 9.07 Å². The van der Waals surface area contributed by atoms with Crippen molar-refractivity contribution in [3.63, 3.8) is 0 Å². The van der Waals surface area contributed by atoms with Gasteiger partial charge in [-0.1, -0.05) is 35.9 Å². The van der Waals surface area contributed by atoms with Crippen LogP contribution in [0.2, 0.25) is 5.02 Å². The normalized spacial score (nSPS) is 10.6. The minimum Gasteiger partial charge on any atom is -0.468 e. The second kappa shape index (κ2) is 8.87. The fourth-order valence-corrected chi connectivity index (χ4v) is 3.01. The van der Waals surface area contributed by atoms with E-state index >= 15 is 0 Å². The monoisotopic (exact) mass is 415 g/mol. The van der Waals surface area contributed by atoms with Crippen LogP contribution in [0.3, 0.4) is 0 Å². The predicted octanol–water partition coefficient (Wildman–Crippen LogP) is 3.79. The first kappa shape index (κ1) is 20.5. The second-order valence-electron chi connectivity index (χ2n) is 6.37. The van der Waals surface area contributed by atoms with Crippen LogP contribution in [-0.2, 0) is 16.1 Å². The summed E-state index contributed by atoms with van der Waals surface area (Å²) in [6.45, 7) is 1.61. The van der Waals surface area contributed by atoms with E-state index in [2.05, 4.69) is 5.10 Å². The van der Waals surface area contributed by atoms with E-state index in [0.717, 1.165) is 5.56 Å². The summed E-state index contributed by atoms with van der Waals surface area (Å²) in [5.41, 5.74) is 1.77. The Hall–Kier alpha value is -3.19. The molecular weight excluding hydrogens is 397 g/mol. The highest BCUT2D eigenvalue weighted by Crippen LogP contribution is 2.20. The van der Waals surface area contributed by atoms with Crippen LogP contribution in [0.1, 0.15) is 21.6 Å². The molecule has 150 valence electrons. The third kappa shape index (κ3) is 4.63. The molecule has 0 aliphatic heterocycles. The van der Waals surface area contributed by atoms with Gasteiger partial charge in [-0.3, -0.25) is 9.59 Å². The lowest BCUT2D eigenvalue weighted by molar-refractivity contribution is -0.141. The molecule has 0 aliphatic rings. The van der Waals surface area contributed by atoms with Crippen LogP contribution in [-0.4, -0.2) is 40.2 Å². The average molecular weight is 416 g/mol. The Morgan fingerprint density at radius 3 is 2.52 bits per heavy atom. The molecule has 0 saturated carbocycles. The van der Waals surface area contributed by atoms with Gasteiger partial charge in [-0.2, -0.15) is 5.10 Å². The molecule has 1 amide bonds. The van der Waals surface area contributed by atoms with Gasteiger partial charge in [-0.15, -0.1) is 0 Å². The number of rotatable bonds is 6. The fourth-order valence-electron chi connectivity index (χ4n) is 2.89. The van der Waals surface area contributed by atoms with Gasteiger partial charge in [-0.05, 0) is 36.8 Å². The molecule has 1 heterocycles. The summed E-state index contributed by atoms with van der Waals surface area (Å²) < 4.78 is 20.2. The number of benzene rings is 2. The van der Waals surface area contributed by atoms with Gasteiger partial charge in [0.15, 0.2) is 0 Å². The Balaban J connectivity index is 1.92. The van der Waals surface area contributed by atoms with E-state index in [1.165, 1.54) is 29.0 Å². The third-order valence-electron chi connectivity index (χ3n) is 4.44. The van der Waals surface area contributed by atoms with Gasteiger partial charge in [0.25, 0.3) is 5.91 Å². The molecule has 2 aromatic carbocycles. The second-order valence-corrected chi connectivity index (χ2v) is 6.81. The molecule has 0 saturated heterocycles. The number of hydrogen-bond acceptors (Lipinski definition) is 4. The maximum Gasteiger partial charge on any atom is 0.325 e. The number of hydrogen-bond donors (Lipinski definition) is 0. The highest BCUT2D eigenvalue weighted by atomic mass is 35.5. The van der Waals surface area contributed by atoms with E-state index in [1.54, 1.807) is 49.4 Å². The number of halogens is 2. The first-order valence-corrected chi connectivity index (χ1v) is 9.18. The largest absolute Gasteiger partial charge is 0.468 e. The topological polar surface area (TPSA) is 64.4 Å². The van der Waals surface area contributed by atoms with Crippen molar-refractivity contribution in [2.75, 3.05) is 13.7 Å². The summed E-state index contributed by atoms with van der Waals surface area (Å²) in [4.78, 5) is 26.4. The van der Waals surface area contributed by atoms with Gasteiger partial charge >= 0.3 is 5.97 Å². The molecule has 1 aromatic heterocycles. The first-order valence-electron chi connectivity index (χ1n) is 8.80. The molecule has 3 aromatic rings. The lowest BCUT2D eigenvalue weighted by atomic mass is 10.1. The molecule has 0 fully saturated rings. The smallest absolute Gasteiger partial charge is 0.325 e. The molecule has 0 N–H and O–H groups in total. The van der Waals surface area contributed by atoms with Gasteiger partial charge < -0.3 is 9.64 Å². The minimum atomic E-state index is -0.550. The zero-order chi connectivity index (χ0) is 21.0. The van der Waals surface area contributed by atoms with E-state index in [9.17, 15) is 14.0 Å². The third-order valence-corrected chi connectivity index (χ3v) is 4.69. The average Bonchev–Trinajstić information content (AvgIpc) is 3.10. The number of nitrogens with zero attached hydrogens (tertiary/aromatic N) is 3. The lowest BCUT2D eigenvalue weighted by Gasteiger charge is -2.21. The maximum absolute atomic E-state index is 14.1. The van der Waals surface area contributed by atoms with Crippen molar-refractivity contribution >= 4 is 23.5 Å². The highest BCUT2D eigenvalue weighted by Gasteiger charge is 2.24. The van der Waals surface area contributed by atoms with Crippen LogP contribution in [0.4, 0.5) is 4.39 Å². The van der Waals surface area contributed by atoms with Gasteiger partial charge in [0, 0.05) is 11.6 Å². The van der Waals surface area contributed by atoms with Crippen LogP contribution in [0.15, 0.2) is 54.7 Å². The van der Waals surface area contributed by atoms with Crippen LogP contribution >= 0.6 is 11.6 Å². The Kier molecular flexibility index (Phi) is 6.29. The standard InChI is InChI=1S/C21H19ClFN3O3/c1-14-17(11-24-26(14)19-6-4-3-5-18(19)23)21(28)25(13-20(27)29-2)12-15-7-9-16(22)10-8-15/h3-11H,12-13H2,1-2H3. The number of carbonyl (C=O) groups is 2. The van der Waals surface area contributed by atoms with E-state index in [0.29, 0.717) is 10.7 Å². The number of para-hydroxylation sites is 1. The minimum absolute atomic E-state index is 0.176. The van der Waals surface area contributed by atoms with Crippen molar-refractivity contribution in [2.45, 2.75) is 13.5 Å². The van der Waals surface area contributed by atoms with Gasteiger partial charge in [0.2, 0.25) is 0 Å². The molecule has 8 heteroatoms. The zero-order valence-corrected chi connectivity index (χ0v) is 16.7. The predicted molar refractivity (Wildman–Crippen MR) is 106 cm³/mol. The summed E-state index contributed by atoms with van der Waals surface area (Å²) >= 11 is 5.91. The van der Waals surface area contributed by atoms with E-state index in [-0.39, 0.29) is 24.3 Å². The van der Waals surface area contributed by atoms with Crippen molar-refractivity contribution in [1.29, 1.82) is 0 Å². The molecule has 0 atom stereocenters. The Morgan fingerprint density at radius 1 is 1.17 bits per heavy atom. The van der Waals surface area contributed by atoms with Gasteiger partial charge in [0.05, 0.1) is 24.6 Å². The lowest BCUT2D eigenvalue weighted by Crippen LogP contribution is -2.36. The van der Waals surface area contributed by atoms with Crippen LogP contribution < -0.4 is 0 Å². The molecule has 6 nitrogen and oxygen atoms in total. The number of aromatic nitrogens is 2. The summed E-state index contributed by atoms with van der Waals surface area (Å²) in [7, 11) is 1.26. The molecule has 3 rings (SSSR count). The molecule has 29 heavy (non-hydrogen) atoms. The number of esters is 1. The van der Waals surface area contributed by atoms with Gasteiger partial charge in [0.1, 0.15) is 18.0 Å². The molecular formula is C21H19ClFN3O3. The van der Waals surface area contributed by atoms with Crippen molar-refractivity contribution in [3.8, 4) is 5.69 Å². The number of carbonyl (C=O) groups excluding carboxylic acids is 2. The summed E-state index contributed by atoms with van der Waals surface area (Å²) in [5, 5.41) is 4.73. The van der Waals surface area contributed by atoms with Crippen LogP contribution in [0.25, 0.3) is 5.69 Å². The van der Waals surface area contributed by atoms with E-state index in [1.807, 2.05) is 0 Å². The number of methoxy groups -OCH3 is 1. The van der Waals surface area contributed by atoms with Crippen molar-refractivity contribution < 1.29 is 18.7 Å². The summed E-state index contributed by atoms with van der Waals surface area (Å²) in [6.07, 6.45) is 1.37. The van der Waals surface area contributed by atoms with Crippen molar-refractivity contribution in [2.24, 2.45) is 0 Å². The maximum atomic E-state index is 14.1. The Morgan fingerprint density at radius 2 is 1.86 bits per heavy atom. The van der Waals surface area contributed by atoms with E-state index < -0.39 is 17.7 Å². The molecule has 0 aliphatic carbocycles. The first-order chi connectivity index (χ1) is 13.9. The summed E-state index contributed by atoms with van der Waals surface area (Å²) in [5.74, 6) is -1.41. The SMILES string of the molecule is COC(=O)CN(Cc1ccc(Cl)cc1)C(=O)c1cnn(-c2ccccc2F)c1C. The molecule has 0 unspecified atom stereocenters. The number of amides is 1. The van der Waals surface area contributed by atoms with Crippen molar-refractivity contribution in [3.05, 3.63) is 82.4 Å². The highest BCUT2D eigenvalue weighted by molar-refractivity contribution is 6.30. The molecule has 0 spiro atoms. The van der Waals surface area contributed by atoms with Crippen LogP contribution in [0, 0.1) is 12.7 Å². The van der Waals surface area contributed by atoms with E-state index in [4.69, 9.17) is 16.3 Å². The number of ether oxygens (including phenoxy) is 1. The molecule has 0 radical (unpaired) electrons. The van der Waals surface area contributed by atoms with Crippen molar-refractivity contribution in [1.82, 2.24) is 14.7 Å². The summed E-state index contributed by atoms with van der Waals surface area (Å²) in [6, 6.07) is 13.1. The Labute approximate surface area is 172 Å². The van der Waals surface area contributed by atoms with Crippen LogP contribution in [0.5, 0.6) is 0 Å². The zero-order valence-electron chi connectivity index (χ0n) is 15.9. The quantitative estimate of drug-likeness (QED) is 0.574.